The number of nitrogens with one attached hydrogen (secondary N) is 1. The molecule has 2 N–H and O–H groups in total. The van der Waals surface area contributed by atoms with Crippen molar-refractivity contribution in [2.24, 2.45) is 5.92 Å². The zero-order chi connectivity index (χ0) is 18.1. The van der Waals surface area contributed by atoms with E-state index in [1.165, 1.54) is 11.1 Å². The summed E-state index contributed by atoms with van der Waals surface area (Å²) in [6, 6.07) is 15.4. The van der Waals surface area contributed by atoms with Crippen LogP contribution in [0.5, 0.6) is 0 Å². The van der Waals surface area contributed by atoms with Crippen LogP contribution < -0.4 is 5.32 Å². The van der Waals surface area contributed by atoms with E-state index >= 15 is 0 Å². The molecule has 2 aliphatic rings. The van der Waals surface area contributed by atoms with Gasteiger partial charge in [-0.1, -0.05) is 36.4 Å². The molecule has 1 saturated carbocycles. The third-order valence-corrected chi connectivity index (χ3v) is 5.90. The van der Waals surface area contributed by atoms with Gasteiger partial charge in [0.2, 0.25) is 5.91 Å². The molecule has 1 fully saturated rings. The first-order valence-corrected chi connectivity index (χ1v) is 9.28. The fourth-order valence-corrected chi connectivity index (χ4v) is 4.49. The molecule has 4 nitrogen and oxygen atoms in total. The molecule has 2 aromatic rings. The molecule has 134 valence electrons. The van der Waals surface area contributed by atoms with E-state index < -0.39 is 5.97 Å². The Morgan fingerprint density at radius 3 is 2.85 bits per heavy atom. The van der Waals surface area contributed by atoms with E-state index in [1.807, 2.05) is 6.07 Å². The molecule has 0 aliphatic heterocycles. The van der Waals surface area contributed by atoms with Crippen molar-refractivity contribution in [2.45, 2.75) is 37.5 Å². The Balaban J connectivity index is 1.36. The highest BCUT2D eigenvalue weighted by Crippen LogP contribution is 2.60. The van der Waals surface area contributed by atoms with Gasteiger partial charge in [-0.2, -0.15) is 0 Å². The highest BCUT2D eigenvalue weighted by Gasteiger charge is 2.59. The van der Waals surface area contributed by atoms with E-state index in [0.717, 1.165) is 31.2 Å². The average Bonchev–Trinajstić information content (AvgIpc) is 3.37. The topological polar surface area (TPSA) is 66.4 Å². The molecule has 0 aromatic heterocycles. The van der Waals surface area contributed by atoms with Crippen LogP contribution in [0.4, 0.5) is 0 Å². The van der Waals surface area contributed by atoms with E-state index in [2.05, 4.69) is 29.6 Å². The van der Waals surface area contributed by atoms with Crippen LogP contribution in [-0.4, -0.2) is 23.5 Å². The van der Waals surface area contributed by atoms with Gasteiger partial charge < -0.3 is 10.4 Å². The number of aromatic carboxylic acids is 1. The molecule has 1 spiro atoms. The van der Waals surface area contributed by atoms with Crippen LogP contribution in [0.3, 0.4) is 0 Å². The summed E-state index contributed by atoms with van der Waals surface area (Å²) in [5.41, 5.74) is 4.05. The zero-order valence-electron chi connectivity index (χ0n) is 14.7. The van der Waals surface area contributed by atoms with Crippen molar-refractivity contribution in [2.75, 3.05) is 6.54 Å². The van der Waals surface area contributed by atoms with Gasteiger partial charge in [0.1, 0.15) is 0 Å². The highest BCUT2D eigenvalue weighted by atomic mass is 16.4. The summed E-state index contributed by atoms with van der Waals surface area (Å²) >= 11 is 0. The number of fused-ring (bicyclic) bond motifs is 2. The van der Waals surface area contributed by atoms with Crippen LogP contribution in [0.2, 0.25) is 0 Å². The van der Waals surface area contributed by atoms with Gasteiger partial charge in [0.25, 0.3) is 0 Å². The van der Waals surface area contributed by atoms with Crippen LogP contribution in [0.1, 0.15) is 46.3 Å². The molecule has 0 radical (unpaired) electrons. The van der Waals surface area contributed by atoms with Crippen molar-refractivity contribution in [3.63, 3.8) is 0 Å². The van der Waals surface area contributed by atoms with E-state index in [9.17, 15) is 9.59 Å². The lowest BCUT2D eigenvalue weighted by molar-refractivity contribution is -0.122. The summed E-state index contributed by atoms with van der Waals surface area (Å²) in [5, 5.41) is 12.1. The predicted molar refractivity (Wildman–Crippen MR) is 99.3 cm³/mol. The van der Waals surface area contributed by atoms with Crippen LogP contribution >= 0.6 is 0 Å². The summed E-state index contributed by atoms with van der Waals surface area (Å²) in [5.74, 6) is -0.711. The fraction of sp³-hybridized carbons (Fsp3) is 0.364. The Hall–Kier alpha value is -2.62. The number of rotatable bonds is 5. The first kappa shape index (κ1) is 16.8. The minimum atomic E-state index is -0.924. The standard InChI is InChI=1S/C22H23NO3/c24-20(23-12-10-15-5-3-7-17(13-15)21(25)26)19-14-22(19)11-4-8-16-6-1-2-9-18(16)22/h1-3,5-7,9,13,19H,4,8,10-12,14H2,(H,23,24)(H,25,26). The molecule has 2 aliphatic carbocycles. The Morgan fingerprint density at radius 2 is 2.00 bits per heavy atom. The van der Waals surface area contributed by atoms with Crippen LogP contribution in [0.25, 0.3) is 0 Å². The van der Waals surface area contributed by atoms with Gasteiger partial charge in [-0.25, -0.2) is 4.79 Å². The van der Waals surface area contributed by atoms with Gasteiger partial charge in [-0.15, -0.1) is 0 Å². The van der Waals surface area contributed by atoms with Gasteiger partial charge in [-0.05, 0) is 60.9 Å². The molecule has 2 unspecified atom stereocenters. The summed E-state index contributed by atoms with van der Waals surface area (Å²) in [6.07, 6.45) is 4.96. The molecule has 4 rings (SSSR count). The molecule has 26 heavy (non-hydrogen) atoms. The summed E-state index contributed by atoms with van der Waals surface area (Å²) < 4.78 is 0. The third kappa shape index (κ3) is 3.00. The Kier molecular flexibility index (Phi) is 4.27. The number of carbonyl (C=O) groups excluding carboxylic acids is 1. The Morgan fingerprint density at radius 1 is 1.15 bits per heavy atom. The van der Waals surface area contributed by atoms with Gasteiger partial charge in [0, 0.05) is 17.9 Å². The second kappa shape index (κ2) is 6.60. The maximum absolute atomic E-state index is 12.6. The number of carboxylic acid groups (broad SMARTS) is 1. The zero-order valence-corrected chi connectivity index (χ0v) is 14.7. The molecule has 0 heterocycles. The smallest absolute Gasteiger partial charge is 0.335 e. The largest absolute Gasteiger partial charge is 0.478 e. The molecular formula is C22H23NO3. The molecule has 2 atom stereocenters. The highest BCUT2D eigenvalue weighted by molar-refractivity contribution is 5.87. The summed E-state index contributed by atoms with van der Waals surface area (Å²) in [6.45, 7) is 0.538. The van der Waals surface area contributed by atoms with Crippen LogP contribution in [0.15, 0.2) is 48.5 Å². The molecule has 4 heteroatoms. The lowest BCUT2D eigenvalue weighted by atomic mass is 9.78. The maximum atomic E-state index is 12.6. The van der Waals surface area contributed by atoms with Crippen molar-refractivity contribution in [3.8, 4) is 0 Å². The quantitative estimate of drug-likeness (QED) is 0.870. The van der Waals surface area contributed by atoms with Crippen molar-refractivity contribution >= 4 is 11.9 Å². The van der Waals surface area contributed by atoms with E-state index in [1.54, 1.807) is 18.2 Å². The molecule has 1 amide bonds. The number of aryl methyl sites for hydroxylation is 1. The fourth-order valence-electron chi connectivity index (χ4n) is 4.49. The number of carbonyl (C=O) groups is 2. The van der Waals surface area contributed by atoms with Crippen LogP contribution in [0, 0.1) is 5.92 Å². The summed E-state index contributed by atoms with van der Waals surface area (Å²) in [7, 11) is 0. The second-order valence-corrected chi connectivity index (χ2v) is 7.47. The lowest BCUT2D eigenvalue weighted by Crippen LogP contribution is -2.31. The maximum Gasteiger partial charge on any atom is 0.335 e. The lowest BCUT2D eigenvalue weighted by Gasteiger charge is -2.26. The number of hydrogen-bond acceptors (Lipinski definition) is 2. The molecule has 0 saturated heterocycles. The second-order valence-electron chi connectivity index (χ2n) is 7.47. The van der Waals surface area contributed by atoms with Gasteiger partial charge in [0.15, 0.2) is 0 Å². The van der Waals surface area contributed by atoms with Crippen molar-refractivity contribution < 1.29 is 14.7 Å². The summed E-state index contributed by atoms with van der Waals surface area (Å²) in [4.78, 5) is 23.7. The minimum Gasteiger partial charge on any atom is -0.478 e. The molecule has 0 bridgehead atoms. The minimum absolute atomic E-state index is 0.0577. The number of benzene rings is 2. The molecule has 2 aromatic carbocycles. The Bertz CT molecular complexity index is 860. The van der Waals surface area contributed by atoms with Crippen molar-refractivity contribution in [1.82, 2.24) is 5.32 Å². The number of hydrogen-bond donors (Lipinski definition) is 2. The van der Waals surface area contributed by atoms with Crippen molar-refractivity contribution in [1.29, 1.82) is 0 Å². The first-order valence-electron chi connectivity index (χ1n) is 9.28. The monoisotopic (exact) mass is 349 g/mol. The van der Waals surface area contributed by atoms with Crippen molar-refractivity contribution in [3.05, 3.63) is 70.8 Å². The Labute approximate surface area is 153 Å². The predicted octanol–water partition coefficient (Wildman–Crippen LogP) is 3.34. The number of carboxylic acids is 1. The van der Waals surface area contributed by atoms with E-state index in [4.69, 9.17) is 5.11 Å². The average molecular weight is 349 g/mol. The normalized spacial score (nSPS) is 23.3. The molecular weight excluding hydrogens is 326 g/mol. The third-order valence-electron chi connectivity index (χ3n) is 5.90. The van der Waals surface area contributed by atoms with Crippen LogP contribution in [-0.2, 0) is 23.1 Å². The van der Waals surface area contributed by atoms with Gasteiger partial charge >= 0.3 is 5.97 Å². The van der Waals surface area contributed by atoms with E-state index in [-0.39, 0.29) is 22.8 Å². The first-order chi connectivity index (χ1) is 12.6. The van der Waals surface area contributed by atoms with E-state index in [0.29, 0.717) is 13.0 Å². The SMILES string of the molecule is O=C(O)c1cccc(CCNC(=O)C2CC23CCCc2ccccc23)c1. The number of amides is 1. The van der Waals surface area contributed by atoms with Gasteiger partial charge in [0.05, 0.1) is 5.56 Å². The van der Waals surface area contributed by atoms with Gasteiger partial charge in [-0.3, -0.25) is 4.79 Å².